The van der Waals surface area contributed by atoms with Gasteiger partial charge in [0.15, 0.2) is 0 Å². The van der Waals surface area contributed by atoms with Gasteiger partial charge < -0.3 is 15.3 Å². The zero-order valence-electron chi connectivity index (χ0n) is 10.7. The normalized spacial score (nSPS) is 10.1. The number of anilines is 1. The number of hydrogen-bond donors (Lipinski definition) is 2. The number of hydrogen-bond acceptors (Lipinski definition) is 3. The van der Waals surface area contributed by atoms with Gasteiger partial charge in [-0.3, -0.25) is 4.79 Å². The molecule has 0 heterocycles. The van der Waals surface area contributed by atoms with E-state index in [1.54, 1.807) is 0 Å². The van der Waals surface area contributed by atoms with Crippen molar-refractivity contribution in [2.24, 2.45) is 0 Å². The fourth-order valence-electron chi connectivity index (χ4n) is 1.79. The third kappa shape index (κ3) is 4.07. The Kier molecular flexibility index (Phi) is 4.97. The molecule has 0 radical (unpaired) electrons. The molecular weight excluding hydrogens is 216 g/mol. The van der Waals surface area contributed by atoms with Crippen LogP contribution in [0.2, 0.25) is 0 Å². The van der Waals surface area contributed by atoms with E-state index in [9.17, 15) is 4.79 Å². The summed E-state index contributed by atoms with van der Waals surface area (Å²) in [5.41, 5.74) is 3.42. The lowest BCUT2D eigenvalue weighted by Crippen LogP contribution is -2.36. The van der Waals surface area contributed by atoms with Crippen LogP contribution in [0.15, 0.2) is 18.2 Å². The van der Waals surface area contributed by atoms with E-state index < -0.39 is 0 Å². The van der Waals surface area contributed by atoms with E-state index in [-0.39, 0.29) is 12.5 Å². The van der Waals surface area contributed by atoms with Gasteiger partial charge in [-0.25, -0.2) is 0 Å². The number of benzene rings is 1. The third-order valence-corrected chi connectivity index (χ3v) is 2.58. The molecule has 0 spiro atoms. The van der Waals surface area contributed by atoms with E-state index in [4.69, 9.17) is 5.11 Å². The maximum atomic E-state index is 11.5. The molecule has 2 N–H and O–H groups in total. The van der Waals surface area contributed by atoms with Crippen molar-refractivity contribution >= 4 is 11.6 Å². The number of carbonyl (C=O) groups is 1. The van der Waals surface area contributed by atoms with Gasteiger partial charge in [0, 0.05) is 19.3 Å². The lowest BCUT2D eigenvalue weighted by Gasteiger charge is -2.21. The van der Waals surface area contributed by atoms with Crippen LogP contribution < -0.4 is 10.2 Å². The molecule has 0 saturated carbocycles. The third-order valence-electron chi connectivity index (χ3n) is 2.58. The van der Waals surface area contributed by atoms with E-state index in [1.165, 1.54) is 5.56 Å². The summed E-state index contributed by atoms with van der Waals surface area (Å²) >= 11 is 0. The molecule has 4 nitrogen and oxygen atoms in total. The molecule has 1 amide bonds. The Morgan fingerprint density at radius 3 is 2.71 bits per heavy atom. The number of nitrogens with one attached hydrogen (secondary N) is 1. The molecule has 4 heteroatoms. The predicted octanol–water partition coefficient (Wildman–Crippen LogP) is 0.848. The maximum Gasteiger partial charge on any atom is 0.239 e. The van der Waals surface area contributed by atoms with Crippen LogP contribution in [-0.2, 0) is 4.79 Å². The molecule has 17 heavy (non-hydrogen) atoms. The molecule has 94 valence electrons. The van der Waals surface area contributed by atoms with E-state index in [0.717, 1.165) is 11.3 Å². The van der Waals surface area contributed by atoms with Gasteiger partial charge in [-0.15, -0.1) is 0 Å². The second-order valence-electron chi connectivity index (χ2n) is 4.22. The number of aliphatic hydroxyl groups excluding tert-OH is 1. The molecule has 0 unspecified atom stereocenters. The Morgan fingerprint density at radius 2 is 2.12 bits per heavy atom. The fourth-order valence-corrected chi connectivity index (χ4v) is 1.79. The first-order valence-corrected chi connectivity index (χ1v) is 5.70. The van der Waals surface area contributed by atoms with E-state index >= 15 is 0 Å². The number of aliphatic hydroxyl groups is 1. The smallest absolute Gasteiger partial charge is 0.239 e. The van der Waals surface area contributed by atoms with E-state index in [2.05, 4.69) is 11.4 Å². The first-order chi connectivity index (χ1) is 8.04. The molecule has 0 atom stereocenters. The fraction of sp³-hybridized carbons (Fsp3) is 0.462. The van der Waals surface area contributed by atoms with Gasteiger partial charge in [0.1, 0.15) is 0 Å². The van der Waals surface area contributed by atoms with Crippen molar-refractivity contribution in [2.45, 2.75) is 13.8 Å². The lowest BCUT2D eigenvalue weighted by atomic mass is 10.1. The SMILES string of the molecule is Cc1ccc(N(C)CC(=O)NCCO)c(C)c1. The number of aryl methyl sites for hydroxylation is 2. The van der Waals surface area contributed by atoms with Crippen molar-refractivity contribution in [3.63, 3.8) is 0 Å². The van der Waals surface area contributed by atoms with Crippen LogP contribution in [0.4, 0.5) is 5.69 Å². The summed E-state index contributed by atoms with van der Waals surface area (Å²) in [4.78, 5) is 13.4. The topological polar surface area (TPSA) is 52.6 Å². The Hall–Kier alpha value is -1.55. The van der Waals surface area contributed by atoms with Gasteiger partial charge in [-0.05, 0) is 25.5 Å². The molecule has 0 fully saturated rings. The van der Waals surface area contributed by atoms with Crippen LogP contribution in [0.5, 0.6) is 0 Å². The number of likely N-dealkylation sites (N-methyl/N-ethyl adjacent to an activating group) is 1. The summed E-state index contributed by atoms with van der Waals surface area (Å²) in [5, 5.41) is 11.2. The van der Waals surface area contributed by atoms with Crippen molar-refractivity contribution in [3.8, 4) is 0 Å². The Morgan fingerprint density at radius 1 is 1.41 bits per heavy atom. The molecule has 1 aromatic rings. The van der Waals surface area contributed by atoms with E-state index in [0.29, 0.717) is 13.1 Å². The highest BCUT2D eigenvalue weighted by Crippen LogP contribution is 2.19. The van der Waals surface area contributed by atoms with Crippen LogP contribution in [0.3, 0.4) is 0 Å². The quantitative estimate of drug-likeness (QED) is 0.797. The van der Waals surface area contributed by atoms with Crippen molar-refractivity contribution in [2.75, 3.05) is 31.6 Å². The van der Waals surface area contributed by atoms with Crippen molar-refractivity contribution in [3.05, 3.63) is 29.3 Å². The Bertz CT molecular complexity index is 391. The summed E-state index contributed by atoms with van der Waals surface area (Å²) in [6.07, 6.45) is 0. The second kappa shape index (κ2) is 6.25. The summed E-state index contributed by atoms with van der Waals surface area (Å²) in [5.74, 6) is -0.0819. The maximum absolute atomic E-state index is 11.5. The Balaban J connectivity index is 2.63. The minimum Gasteiger partial charge on any atom is -0.395 e. The highest BCUT2D eigenvalue weighted by atomic mass is 16.3. The number of rotatable bonds is 5. The zero-order chi connectivity index (χ0) is 12.8. The largest absolute Gasteiger partial charge is 0.395 e. The van der Waals surface area contributed by atoms with Crippen molar-refractivity contribution < 1.29 is 9.90 Å². The molecule has 1 aromatic carbocycles. The van der Waals surface area contributed by atoms with Gasteiger partial charge >= 0.3 is 0 Å². The van der Waals surface area contributed by atoms with E-state index in [1.807, 2.05) is 37.9 Å². The molecule has 1 rings (SSSR count). The van der Waals surface area contributed by atoms with Crippen molar-refractivity contribution in [1.82, 2.24) is 5.32 Å². The number of carbonyl (C=O) groups excluding carboxylic acids is 1. The highest BCUT2D eigenvalue weighted by molar-refractivity contribution is 5.81. The van der Waals surface area contributed by atoms with Crippen molar-refractivity contribution in [1.29, 1.82) is 0 Å². The molecule has 0 aromatic heterocycles. The van der Waals surface area contributed by atoms with Gasteiger partial charge in [0.2, 0.25) is 5.91 Å². The zero-order valence-corrected chi connectivity index (χ0v) is 10.7. The summed E-state index contributed by atoms with van der Waals surface area (Å²) in [6.45, 7) is 4.65. The van der Waals surface area contributed by atoms with Crippen LogP contribution in [0.25, 0.3) is 0 Å². The minimum atomic E-state index is -0.0819. The van der Waals surface area contributed by atoms with Crippen LogP contribution >= 0.6 is 0 Å². The van der Waals surface area contributed by atoms with Crippen LogP contribution in [0, 0.1) is 13.8 Å². The average molecular weight is 236 g/mol. The van der Waals surface area contributed by atoms with Gasteiger partial charge in [-0.1, -0.05) is 17.7 Å². The Labute approximate surface area is 102 Å². The predicted molar refractivity (Wildman–Crippen MR) is 69.3 cm³/mol. The number of amides is 1. The summed E-state index contributed by atoms with van der Waals surface area (Å²) in [7, 11) is 1.89. The average Bonchev–Trinajstić information content (AvgIpc) is 2.26. The second-order valence-corrected chi connectivity index (χ2v) is 4.22. The first-order valence-electron chi connectivity index (χ1n) is 5.70. The molecule has 0 saturated heterocycles. The summed E-state index contributed by atoms with van der Waals surface area (Å²) < 4.78 is 0. The molecule has 0 bridgehead atoms. The van der Waals surface area contributed by atoms with Crippen LogP contribution in [0.1, 0.15) is 11.1 Å². The molecular formula is C13H20N2O2. The molecule has 0 aliphatic heterocycles. The van der Waals surface area contributed by atoms with Gasteiger partial charge in [-0.2, -0.15) is 0 Å². The first kappa shape index (κ1) is 13.5. The summed E-state index contributed by atoms with van der Waals surface area (Å²) in [6, 6.07) is 6.14. The molecule has 0 aliphatic rings. The van der Waals surface area contributed by atoms with Gasteiger partial charge in [0.25, 0.3) is 0 Å². The van der Waals surface area contributed by atoms with Crippen LogP contribution in [-0.4, -0.2) is 37.8 Å². The monoisotopic (exact) mass is 236 g/mol. The minimum absolute atomic E-state index is 0.0288. The van der Waals surface area contributed by atoms with Gasteiger partial charge in [0.05, 0.1) is 13.2 Å². The number of nitrogens with zero attached hydrogens (tertiary/aromatic N) is 1. The standard InChI is InChI=1S/C13H20N2O2/c1-10-4-5-12(11(2)8-10)15(3)9-13(17)14-6-7-16/h4-5,8,16H,6-7,9H2,1-3H3,(H,14,17). The molecule has 0 aliphatic carbocycles. The lowest BCUT2D eigenvalue weighted by molar-refractivity contribution is -0.119. The highest BCUT2D eigenvalue weighted by Gasteiger charge is 2.08.